The van der Waals surface area contributed by atoms with Gasteiger partial charge >= 0.3 is 0 Å². The normalized spacial score (nSPS) is 11.2. The number of thioether (sulfide) groups is 1. The molecule has 158 valence electrons. The van der Waals surface area contributed by atoms with Crippen molar-refractivity contribution in [3.8, 4) is 22.8 Å². The van der Waals surface area contributed by atoms with E-state index >= 15 is 0 Å². The molecule has 2 aromatic carbocycles. The number of benzene rings is 2. The van der Waals surface area contributed by atoms with E-state index in [-0.39, 0.29) is 18.0 Å². The largest absolute Gasteiger partial charge is 0.497 e. The number of hydrogen-bond donors (Lipinski definition) is 0. The molecule has 0 saturated heterocycles. The van der Waals surface area contributed by atoms with Gasteiger partial charge in [0, 0.05) is 23.3 Å². The molecule has 1 aromatic heterocycles. The number of aromatic nitrogens is 3. The van der Waals surface area contributed by atoms with Crippen molar-refractivity contribution in [1.29, 1.82) is 0 Å². The summed E-state index contributed by atoms with van der Waals surface area (Å²) in [5, 5.41) is 9.53. The van der Waals surface area contributed by atoms with Gasteiger partial charge in [-0.2, -0.15) is 0 Å². The fourth-order valence-electron chi connectivity index (χ4n) is 3.47. The maximum atomic E-state index is 12.8. The van der Waals surface area contributed by atoms with Crippen molar-refractivity contribution >= 4 is 17.7 Å². The smallest absolute Gasteiger partial charge is 0.233 e. The summed E-state index contributed by atoms with van der Waals surface area (Å²) in [4.78, 5) is 14.7. The second-order valence-electron chi connectivity index (χ2n) is 7.48. The van der Waals surface area contributed by atoms with Crippen LogP contribution in [0.5, 0.6) is 5.75 Å². The van der Waals surface area contributed by atoms with Crippen LogP contribution in [0.2, 0.25) is 0 Å². The van der Waals surface area contributed by atoms with E-state index in [2.05, 4.69) is 10.2 Å². The average molecular weight is 425 g/mol. The number of carbonyl (C=O) groups is 1. The highest BCUT2D eigenvalue weighted by molar-refractivity contribution is 7.99. The van der Waals surface area contributed by atoms with Gasteiger partial charge in [0.15, 0.2) is 11.0 Å². The Morgan fingerprint density at radius 1 is 1.00 bits per heavy atom. The second kappa shape index (κ2) is 9.80. The summed E-state index contributed by atoms with van der Waals surface area (Å²) < 4.78 is 7.26. The van der Waals surface area contributed by atoms with Crippen LogP contribution in [0, 0.1) is 0 Å². The highest BCUT2D eigenvalue weighted by atomic mass is 32.2. The average Bonchev–Trinajstić information content (AvgIpc) is 3.16. The first kappa shape index (κ1) is 21.9. The van der Waals surface area contributed by atoms with E-state index in [1.807, 2.05) is 91.8 Å². The number of ether oxygens (including phenoxy) is 1. The quantitative estimate of drug-likeness (QED) is 0.491. The Morgan fingerprint density at radius 2 is 1.63 bits per heavy atom. The topological polar surface area (TPSA) is 60.3 Å². The first-order valence-electron chi connectivity index (χ1n) is 10.0. The third kappa shape index (κ3) is 4.84. The predicted octanol–water partition coefficient (Wildman–Crippen LogP) is 4.68. The van der Waals surface area contributed by atoms with E-state index in [9.17, 15) is 4.79 Å². The third-order valence-electron chi connectivity index (χ3n) is 4.72. The molecule has 0 saturated carbocycles. The summed E-state index contributed by atoms with van der Waals surface area (Å²) in [5.74, 6) is 1.92. The van der Waals surface area contributed by atoms with E-state index < -0.39 is 0 Å². The van der Waals surface area contributed by atoms with Crippen LogP contribution in [0.25, 0.3) is 17.1 Å². The molecule has 0 unspecified atom stereocenters. The lowest BCUT2D eigenvalue weighted by Crippen LogP contribution is -2.43. The minimum atomic E-state index is 0.0959. The first-order valence-corrected chi connectivity index (χ1v) is 11.0. The van der Waals surface area contributed by atoms with E-state index in [0.717, 1.165) is 22.8 Å². The van der Waals surface area contributed by atoms with Gasteiger partial charge in [-0.05, 0) is 64.1 Å². The number of methoxy groups -OCH3 is 1. The van der Waals surface area contributed by atoms with Crippen molar-refractivity contribution in [2.45, 2.75) is 44.9 Å². The van der Waals surface area contributed by atoms with Gasteiger partial charge in [-0.3, -0.25) is 9.36 Å². The Kier molecular flexibility index (Phi) is 7.15. The Labute approximate surface area is 182 Å². The third-order valence-corrected chi connectivity index (χ3v) is 5.64. The molecule has 1 amide bonds. The summed E-state index contributed by atoms with van der Waals surface area (Å²) in [5.41, 5.74) is 1.88. The van der Waals surface area contributed by atoms with Crippen LogP contribution < -0.4 is 4.74 Å². The van der Waals surface area contributed by atoms with Crippen LogP contribution >= 0.6 is 11.8 Å². The van der Waals surface area contributed by atoms with Gasteiger partial charge in [0.05, 0.1) is 12.9 Å². The molecular weight excluding hydrogens is 396 g/mol. The molecule has 0 fully saturated rings. The summed E-state index contributed by atoms with van der Waals surface area (Å²) in [6.07, 6.45) is 0. The van der Waals surface area contributed by atoms with Crippen LogP contribution in [-0.2, 0) is 4.79 Å². The van der Waals surface area contributed by atoms with Crippen molar-refractivity contribution in [3.63, 3.8) is 0 Å². The Balaban J connectivity index is 1.93. The Bertz CT molecular complexity index is 961. The Hall–Kier alpha value is -2.80. The van der Waals surface area contributed by atoms with Gasteiger partial charge in [0.25, 0.3) is 0 Å². The maximum absolute atomic E-state index is 12.8. The number of nitrogens with zero attached hydrogens (tertiary/aromatic N) is 4. The molecule has 0 atom stereocenters. The molecule has 0 N–H and O–H groups in total. The van der Waals surface area contributed by atoms with Gasteiger partial charge in [-0.25, -0.2) is 0 Å². The fraction of sp³-hybridized carbons (Fsp3) is 0.348. The van der Waals surface area contributed by atoms with Crippen LogP contribution in [0.1, 0.15) is 27.7 Å². The van der Waals surface area contributed by atoms with Crippen LogP contribution in [0.4, 0.5) is 0 Å². The molecule has 0 spiro atoms. The van der Waals surface area contributed by atoms with Gasteiger partial charge in [0.2, 0.25) is 5.91 Å². The summed E-state index contributed by atoms with van der Waals surface area (Å²) in [7, 11) is 1.64. The van der Waals surface area contributed by atoms with E-state index in [4.69, 9.17) is 4.74 Å². The zero-order chi connectivity index (χ0) is 21.7. The molecule has 0 bridgehead atoms. The van der Waals surface area contributed by atoms with E-state index in [1.54, 1.807) is 7.11 Å². The minimum Gasteiger partial charge on any atom is -0.497 e. The number of para-hydroxylation sites is 1. The molecule has 3 rings (SSSR count). The van der Waals surface area contributed by atoms with E-state index in [0.29, 0.717) is 10.9 Å². The molecule has 0 aliphatic heterocycles. The number of hydrogen-bond acceptors (Lipinski definition) is 5. The highest BCUT2D eigenvalue weighted by Gasteiger charge is 2.22. The molecule has 6 nitrogen and oxygen atoms in total. The summed E-state index contributed by atoms with van der Waals surface area (Å²) >= 11 is 1.41. The molecule has 0 radical (unpaired) electrons. The van der Waals surface area contributed by atoms with Crippen molar-refractivity contribution in [2.75, 3.05) is 12.9 Å². The number of amides is 1. The molecule has 0 aliphatic carbocycles. The standard InChI is InChI=1S/C23H28N4O2S/c1-16(2)26(17(3)4)21(28)15-30-23-25-24-22(18-11-13-20(29-5)14-12-18)27(23)19-9-7-6-8-10-19/h6-14,16-17H,15H2,1-5H3. The zero-order valence-electron chi connectivity index (χ0n) is 18.1. The first-order chi connectivity index (χ1) is 14.4. The lowest BCUT2D eigenvalue weighted by molar-refractivity contribution is -0.131. The van der Waals surface area contributed by atoms with Gasteiger partial charge in [-0.1, -0.05) is 30.0 Å². The Morgan fingerprint density at radius 3 is 2.20 bits per heavy atom. The predicted molar refractivity (Wildman–Crippen MR) is 121 cm³/mol. The molecule has 3 aromatic rings. The summed E-state index contributed by atoms with van der Waals surface area (Å²) in [6, 6.07) is 18.0. The molecule has 7 heteroatoms. The van der Waals surface area contributed by atoms with Gasteiger partial charge in [0.1, 0.15) is 5.75 Å². The lowest BCUT2D eigenvalue weighted by atomic mass is 10.2. The van der Waals surface area contributed by atoms with Crippen molar-refractivity contribution in [3.05, 3.63) is 54.6 Å². The van der Waals surface area contributed by atoms with Crippen LogP contribution in [-0.4, -0.2) is 50.5 Å². The SMILES string of the molecule is COc1ccc(-c2nnc(SCC(=O)N(C(C)C)C(C)C)n2-c2ccccc2)cc1. The fourth-order valence-corrected chi connectivity index (χ4v) is 4.29. The van der Waals surface area contributed by atoms with Crippen LogP contribution in [0.15, 0.2) is 59.8 Å². The van der Waals surface area contributed by atoms with Gasteiger partial charge < -0.3 is 9.64 Å². The van der Waals surface area contributed by atoms with Crippen molar-refractivity contribution in [1.82, 2.24) is 19.7 Å². The minimum absolute atomic E-state index is 0.0959. The molecule has 1 heterocycles. The van der Waals surface area contributed by atoms with Gasteiger partial charge in [-0.15, -0.1) is 10.2 Å². The van der Waals surface area contributed by atoms with E-state index in [1.165, 1.54) is 11.8 Å². The molecular formula is C23H28N4O2S. The van der Waals surface area contributed by atoms with Crippen molar-refractivity contribution < 1.29 is 9.53 Å². The monoisotopic (exact) mass is 424 g/mol. The zero-order valence-corrected chi connectivity index (χ0v) is 18.9. The molecule has 30 heavy (non-hydrogen) atoms. The highest BCUT2D eigenvalue weighted by Crippen LogP contribution is 2.29. The lowest BCUT2D eigenvalue weighted by Gasteiger charge is -2.30. The molecule has 0 aliphatic rings. The number of carbonyl (C=O) groups excluding carboxylic acids is 1. The summed E-state index contributed by atoms with van der Waals surface area (Å²) in [6.45, 7) is 8.15. The maximum Gasteiger partial charge on any atom is 0.233 e. The van der Waals surface area contributed by atoms with Crippen LogP contribution in [0.3, 0.4) is 0 Å². The second-order valence-corrected chi connectivity index (χ2v) is 8.43. The number of rotatable bonds is 8. The van der Waals surface area contributed by atoms with Crippen molar-refractivity contribution in [2.24, 2.45) is 0 Å².